The van der Waals surface area contributed by atoms with E-state index >= 15 is 0 Å². The first-order valence-electron chi connectivity index (χ1n) is 14.3. The second-order valence-electron chi connectivity index (χ2n) is 11.6. The lowest BCUT2D eigenvalue weighted by Gasteiger charge is -2.37. The molecule has 3 atom stereocenters. The molecule has 4 rings (SSSR count). The molecular weight excluding hydrogens is 613 g/mol. The van der Waals surface area contributed by atoms with Crippen LogP contribution in [0, 0.1) is 5.92 Å². The Bertz CT molecular complexity index is 1390. The zero-order valence-corrected chi connectivity index (χ0v) is 27.4. The Kier molecular flexibility index (Phi) is 10.2. The molecule has 2 aliphatic rings. The van der Waals surface area contributed by atoms with Crippen LogP contribution in [0.4, 0.5) is 27.0 Å². The predicted molar refractivity (Wildman–Crippen MR) is 168 cm³/mol. The number of nitrogens with zero attached hydrogens (tertiary/aromatic N) is 4. The summed E-state index contributed by atoms with van der Waals surface area (Å²) < 4.78 is 16.2. The van der Waals surface area contributed by atoms with Crippen LogP contribution in [0.3, 0.4) is 0 Å². The number of fused-ring (bicyclic) bond motifs is 1. The van der Waals surface area contributed by atoms with Gasteiger partial charge in [-0.05, 0) is 47.0 Å². The molecule has 1 aromatic carbocycles. The van der Waals surface area contributed by atoms with Gasteiger partial charge in [0.25, 0.3) is 0 Å². The number of nitrogens with one attached hydrogen (secondary N) is 3. The third-order valence-electron chi connectivity index (χ3n) is 7.41. The second-order valence-corrected chi connectivity index (χ2v) is 12.4. The van der Waals surface area contributed by atoms with E-state index in [0.717, 1.165) is 0 Å². The SMILES string of the molecule is CCNC(=O)[C@@H]1CC[C@@H](Nc2ncc3c(n2)N(C)C(=O)N(c2c(Cl)c(OC)cc(OC)c2Cl)C3)[C@@H](NC(=O)OC(C)(C)C)C1. The number of ether oxygens (including phenoxy) is 3. The van der Waals surface area contributed by atoms with Gasteiger partial charge in [0, 0.05) is 43.4 Å². The fourth-order valence-electron chi connectivity index (χ4n) is 5.35. The Labute approximate surface area is 266 Å². The second kappa shape index (κ2) is 13.5. The third-order valence-corrected chi connectivity index (χ3v) is 8.15. The van der Waals surface area contributed by atoms with Gasteiger partial charge in [-0.3, -0.25) is 14.6 Å². The van der Waals surface area contributed by atoms with Crippen molar-refractivity contribution < 1.29 is 28.6 Å². The summed E-state index contributed by atoms with van der Waals surface area (Å²) in [5, 5.41) is 9.44. The highest BCUT2D eigenvalue weighted by Gasteiger charge is 2.38. The highest BCUT2D eigenvalue weighted by atomic mass is 35.5. The molecule has 1 aromatic heterocycles. The van der Waals surface area contributed by atoms with Crippen LogP contribution < -0.4 is 35.2 Å². The van der Waals surface area contributed by atoms with E-state index in [0.29, 0.717) is 48.7 Å². The largest absolute Gasteiger partial charge is 0.495 e. The van der Waals surface area contributed by atoms with Gasteiger partial charge in [0.15, 0.2) is 0 Å². The number of rotatable bonds is 8. The number of hydrogen-bond acceptors (Lipinski definition) is 9. The van der Waals surface area contributed by atoms with Crippen molar-refractivity contribution >= 4 is 58.7 Å². The Morgan fingerprint density at radius 1 is 1.09 bits per heavy atom. The van der Waals surface area contributed by atoms with E-state index in [4.69, 9.17) is 37.4 Å². The molecule has 1 saturated carbocycles. The minimum atomic E-state index is -0.683. The standard InChI is InChI=1S/C29H39Cl2N7O6/c1-8-32-25(39)15-9-10-17(18(11-15)35-27(40)44-29(2,3)4)34-26-33-13-16-14-38(28(41)37(5)24(16)36-26)23-21(30)19(42-6)12-20(43-7)22(23)31/h12-13,15,17-18H,8-11,14H2,1-7H3,(H,32,39)(H,35,40)(H,33,34,36)/t15-,17-,18+/m1/s1. The molecule has 13 nitrogen and oxygen atoms in total. The van der Waals surface area contributed by atoms with Crippen molar-refractivity contribution in [3.8, 4) is 11.5 Å². The maximum absolute atomic E-state index is 13.6. The van der Waals surface area contributed by atoms with Crippen LogP contribution >= 0.6 is 23.2 Å². The monoisotopic (exact) mass is 651 g/mol. The van der Waals surface area contributed by atoms with E-state index in [1.54, 1.807) is 40.1 Å². The summed E-state index contributed by atoms with van der Waals surface area (Å²) in [4.78, 5) is 50.9. The molecule has 240 valence electrons. The Hall–Kier alpha value is -3.71. The first-order chi connectivity index (χ1) is 20.8. The van der Waals surface area contributed by atoms with Crippen LogP contribution in [0.5, 0.6) is 11.5 Å². The highest BCUT2D eigenvalue weighted by Crippen LogP contribution is 2.47. The van der Waals surface area contributed by atoms with Gasteiger partial charge in [-0.2, -0.15) is 4.98 Å². The molecule has 2 aromatic rings. The molecule has 0 spiro atoms. The molecular formula is C29H39Cl2N7O6. The van der Waals surface area contributed by atoms with Crippen molar-refractivity contribution in [2.45, 2.75) is 71.2 Å². The topological polar surface area (TPSA) is 147 Å². The Morgan fingerprint density at radius 2 is 1.75 bits per heavy atom. The molecule has 0 radical (unpaired) electrons. The van der Waals surface area contributed by atoms with Crippen LogP contribution in [0.1, 0.15) is 52.5 Å². The van der Waals surface area contributed by atoms with Crippen molar-refractivity contribution in [1.82, 2.24) is 20.6 Å². The zero-order valence-electron chi connectivity index (χ0n) is 25.9. The molecule has 2 heterocycles. The van der Waals surface area contributed by atoms with Crippen LogP contribution in [-0.2, 0) is 16.1 Å². The Balaban J connectivity index is 1.59. The molecule has 1 fully saturated rings. The summed E-state index contributed by atoms with van der Waals surface area (Å²) >= 11 is 13.2. The van der Waals surface area contributed by atoms with Crippen LogP contribution in [0.25, 0.3) is 0 Å². The summed E-state index contributed by atoms with van der Waals surface area (Å²) in [6.45, 7) is 7.84. The smallest absolute Gasteiger partial charge is 0.407 e. The van der Waals surface area contributed by atoms with Gasteiger partial charge in [0.2, 0.25) is 11.9 Å². The summed E-state index contributed by atoms with van der Waals surface area (Å²) in [6, 6.07) is 0.394. The molecule has 1 aliphatic carbocycles. The lowest BCUT2D eigenvalue weighted by molar-refractivity contribution is -0.126. The van der Waals surface area contributed by atoms with Crippen LogP contribution in [0.2, 0.25) is 10.0 Å². The zero-order chi connectivity index (χ0) is 32.3. The van der Waals surface area contributed by atoms with Gasteiger partial charge in [-0.25, -0.2) is 14.6 Å². The molecule has 0 bridgehead atoms. The summed E-state index contributed by atoms with van der Waals surface area (Å²) in [5.74, 6) is 0.964. The van der Waals surface area contributed by atoms with Gasteiger partial charge in [0.1, 0.15) is 33.0 Å². The molecule has 15 heteroatoms. The molecule has 4 amide bonds. The number of alkyl carbamates (subject to hydrolysis) is 1. The number of benzene rings is 1. The lowest BCUT2D eigenvalue weighted by Crippen LogP contribution is -2.53. The van der Waals surface area contributed by atoms with E-state index in [1.807, 2.05) is 6.92 Å². The van der Waals surface area contributed by atoms with Crippen molar-refractivity contribution in [2.75, 3.05) is 42.9 Å². The number of hydrogen-bond donors (Lipinski definition) is 3. The van der Waals surface area contributed by atoms with Crippen molar-refractivity contribution in [2.24, 2.45) is 5.92 Å². The van der Waals surface area contributed by atoms with Crippen LogP contribution in [-0.4, -0.2) is 73.5 Å². The number of halogens is 2. The third kappa shape index (κ3) is 7.15. The van der Waals surface area contributed by atoms with Gasteiger partial charge in [0.05, 0.1) is 32.5 Å². The first-order valence-corrected chi connectivity index (χ1v) is 15.1. The molecule has 44 heavy (non-hydrogen) atoms. The number of carbonyl (C=O) groups excluding carboxylic acids is 3. The summed E-state index contributed by atoms with van der Waals surface area (Å²) in [7, 11) is 4.51. The highest BCUT2D eigenvalue weighted by molar-refractivity contribution is 6.42. The molecule has 3 N–H and O–H groups in total. The van der Waals surface area contributed by atoms with Crippen LogP contribution in [0.15, 0.2) is 12.3 Å². The van der Waals surface area contributed by atoms with Gasteiger partial charge in [-0.15, -0.1) is 0 Å². The summed E-state index contributed by atoms with van der Waals surface area (Å²) in [5.41, 5.74) is 0.210. The average molecular weight is 653 g/mol. The fraction of sp³-hybridized carbons (Fsp3) is 0.552. The number of urea groups is 1. The average Bonchev–Trinajstić information content (AvgIpc) is 2.96. The minimum Gasteiger partial charge on any atom is -0.495 e. The maximum Gasteiger partial charge on any atom is 0.407 e. The van der Waals surface area contributed by atoms with E-state index in [9.17, 15) is 14.4 Å². The number of carbonyl (C=O) groups is 3. The van der Waals surface area contributed by atoms with E-state index in [-0.39, 0.29) is 46.1 Å². The lowest BCUT2D eigenvalue weighted by atomic mass is 9.81. The quantitative estimate of drug-likeness (QED) is 0.359. The number of amides is 4. The van der Waals surface area contributed by atoms with Crippen molar-refractivity contribution in [3.05, 3.63) is 27.9 Å². The number of aromatic nitrogens is 2. The van der Waals surface area contributed by atoms with Gasteiger partial charge in [-0.1, -0.05) is 23.2 Å². The van der Waals surface area contributed by atoms with E-state index in [2.05, 4.69) is 25.9 Å². The van der Waals surface area contributed by atoms with Gasteiger partial charge < -0.3 is 30.2 Å². The van der Waals surface area contributed by atoms with Crippen molar-refractivity contribution in [1.29, 1.82) is 0 Å². The normalized spacial score (nSPS) is 20.0. The van der Waals surface area contributed by atoms with Gasteiger partial charge >= 0.3 is 12.1 Å². The number of anilines is 3. The molecule has 0 saturated heterocycles. The molecule has 0 unspecified atom stereocenters. The van der Waals surface area contributed by atoms with Crippen molar-refractivity contribution in [3.63, 3.8) is 0 Å². The Morgan fingerprint density at radius 3 is 2.34 bits per heavy atom. The summed E-state index contributed by atoms with van der Waals surface area (Å²) in [6.07, 6.45) is 2.64. The van der Waals surface area contributed by atoms with E-state index < -0.39 is 23.8 Å². The molecule has 1 aliphatic heterocycles. The predicted octanol–water partition coefficient (Wildman–Crippen LogP) is 4.99. The number of methoxy groups -OCH3 is 2. The fourth-order valence-corrected chi connectivity index (χ4v) is 6.05. The first kappa shape index (κ1) is 33.2. The minimum absolute atomic E-state index is 0.0504. The van der Waals surface area contributed by atoms with E-state index in [1.165, 1.54) is 24.0 Å². The maximum atomic E-state index is 13.6.